The van der Waals surface area contributed by atoms with Crippen LogP contribution in [0, 0.1) is 3.57 Å². The van der Waals surface area contributed by atoms with Gasteiger partial charge in [0.15, 0.2) is 9.84 Å². The van der Waals surface area contributed by atoms with Crippen LogP contribution >= 0.6 is 22.6 Å². The number of hydrogen-bond donors (Lipinski definition) is 1. The fourth-order valence-corrected chi connectivity index (χ4v) is 4.70. The number of carbonyl (C=O) groups excluding carboxylic acids is 2. The van der Waals surface area contributed by atoms with Crippen molar-refractivity contribution < 1.29 is 18.0 Å². The summed E-state index contributed by atoms with van der Waals surface area (Å²) in [6.45, 7) is 2.14. The van der Waals surface area contributed by atoms with Crippen molar-refractivity contribution >= 4 is 44.2 Å². The van der Waals surface area contributed by atoms with Gasteiger partial charge in [0.05, 0.1) is 18.1 Å². The van der Waals surface area contributed by atoms with Crippen molar-refractivity contribution in [1.29, 1.82) is 0 Å². The van der Waals surface area contributed by atoms with Crippen molar-refractivity contribution in [2.75, 3.05) is 24.6 Å². The van der Waals surface area contributed by atoms with Crippen LogP contribution in [0.2, 0.25) is 0 Å². The normalized spacial score (nSPS) is 19.3. The maximum Gasteiger partial charge on any atom is 0.254 e. The number of likely N-dealkylation sites (N-methyl/N-ethyl adjacent to an activating group) is 1. The lowest BCUT2D eigenvalue weighted by Gasteiger charge is -2.21. The number of benzene rings is 1. The fourth-order valence-electron chi connectivity index (χ4n) is 2.49. The van der Waals surface area contributed by atoms with Crippen molar-refractivity contribution in [1.82, 2.24) is 10.2 Å². The Hall–Kier alpha value is -1.16. The molecule has 1 aliphatic rings. The standard InChI is InChI=1S/C15H19IN2O4S/c1-2-18(15(20)11-4-3-5-12(16)8-11)9-14(19)17-13-6-7-23(21,22)10-13/h3-5,8,13H,2,6-7,9-10H2,1H3,(H,17,19)/t13-/m0/s1. The summed E-state index contributed by atoms with van der Waals surface area (Å²) in [6, 6.07) is 6.83. The molecular weight excluding hydrogens is 431 g/mol. The first-order valence-electron chi connectivity index (χ1n) is 7.35. The van der Waals surface area contributed by atoms with E-state index in [2.05, 4.69) is 27.9 Å². The minimum atomic E-state index is -3.04. The Morgan fingerprint density at radius 1 is 1.39 bits per heavy atom. The van der Waals surface area contributed by atoms with E-state index in [9.17, 15) is 18.0 Å². The molecule has 2 amide bonds. The molecule has 126 valence electrons. The Bertz CT molecular complexity index is 705. The van der Waals surface area contributed by atoms with Crippen LogP contribution in [-0.4, -0.2) is 55.8 Å². The Labute approximate surface area is 149 Å². The topological polar surface area (TPSA) is 83.6 Å². The lowest BCUT2D eigenvalue weighted by atomic mass is 10.2. The summed E-state index contributed by atoms with van der Waals surface area (Å²) < 4.78 is 23.8. The maximum atomic E-state index is 12.5. The van der Waals surface area contributed by atoms with Crippen molar-refractivity contribution in [3.05, 3.63) is 33.4 Å². The third-order valence-corrected chi connectivity index (χ3v) is 6.11. The summed E-state index contributed by atoms with van der Waals surface area (Å²) >= 11 is 2.13. The third-order valence-electron chi connectivity index (χ3n) is 3.67. The predicted molar refractivity (Wildman–Crippen MR) is 95.9 cm³/mol. The van der Waals surface area contributed by atoms with Crippen LogP contribution in [0.5, 0.6) is 0 Å². The largest absolute Gasteiger partial charge is 0.351 e. The Balaban J connectivity index is 1.96. The number of rotatable bonds is 5. The molecule has 1 fully saturated rings. The van der Waals surface area contributed by atoms with Crippen LogP contribution in [0.1, 0.15) is 23.7 Å². The zero-order valence-corrected chi connectivity index (χ0v) is 15.8. The number of nitrogens with one attached hydrogen (secondary N) is 1. The molecule has 0 spiro atoms. The average Bonchev–Trinajstić information content (AvgIpc) is 2.82. The molecule has 2 rings (SSSR count). The van der Waals surface area contributed by atoms with Gasteiger partial charge < -0.3 is 10.2 Å². The van der Waals surface area contributed by atoms with Crippen LogP contribution in [-0.2, 0) is 14.6 Å². The summed E-state index contributed by atoms with van der Waals surface area (Å²) in [7, 11) is -3.04. The summed E-state index contributed by atoms with van der Waals surface area (Å²) in [5.74, 6) is -0.444. The van der Waals surface area contributed by atoms with Crippen molar-refractivity contribution in [2.45, 2.75) is 19.4 Å². The molecule has 1 saturated heterocycles. The van der Waals surface area contributed by atoms with Gasteiger partial charge >= 0.3 is 0 Å². The molecule has 6 nitrogen and oxygen atoms in total. The molecule has 1 aromatic carbocycles. The molecule has 0 saturated carbocycles. The minimum Gasteiger partial charge on any atom is -0.351 e. The van der Waals surface area contributed by atoms with E-state index in [1.807, 2.05) is 6.07 Å². The highest BCUT2D eigenvalue weighted by Gasteiger charge is 2.29. The smallest absolute Gasteiger partial charge is 0.254 e. The number of sulfone groups is 1. The summed E-state index contributed by atoms with van der Waals surface area (Å²) in [5.41, 5.74) is 0.537. The molecule has 1 aromatic rings. The predicted octanol–water partition coefficient (Wildman–Crippen LogP) is 1.06. The number of hydrogen-bond acceptors (Lipinski definition) is 4. The van der Waals surface area contributed by atoms with Gasteiger partial charge in [-0.1, -0.05) is 6.07 Å². The third kappa shape index (κ3) is 5.17. The van der Waals surface area contributed by atoms with E-state index in [4.69, 9.17) is 0 Å². The van der Waals surface area contributed by atoms with Crippen LogP contribution in [0.3, 0.4) is 0 Å². The second-order valence-corrected chi connectivity index (χ2v) is 8.97. The first-order valence-corrected chi connectivity index (χ1v) is 10.3. The molecule has 8 heteroatoms. The van der Waals surface area contributed by atoms with Gasteiger partial charge in [0.2, 0.25) is 5.91 Å². The van der Waals surface area contributed by atoms with Gasteiger partial charge in [0.1, 0.15) is 0 Å². The first-order chi connectivity index (χ1) is 10.8. The maximum absolute atomic E-state index is 12.5. The van der Waals surface area contributed by atoms with E-state index in [1.54, 1.807) is 25.1 Å². The minimum absolute atomic E-state index is 0.0182. The average molecular weight is 450 g/mol. The monoisotopic (exact) mass is 450 g/mol. The van der Waals surface area contributed by atoms with Crippen LogP contribution in [0.25, 0.3) is 0 Å². The van der Waals surface area contributed by atoms with Crippen LogP contribution < -0.4 is 5.32 Å². The second-order valence-electron chi connectivity index (χ2n) is 5.50. The van der Waals surface area contributed by atoms with Gasteiger partial charge in [-0.05, 0) is 54.1 Å². The molecule has 0 unspecified atom stereocenters. The number of halogens is 1. The molecule has 0 aromatic heterocycles. The molecule has 0 bridgehead atoms. The lowest BCUT2D eigenvalue weighted by Crippen LogP contribution is -2.44. The number of nitrogens with zero attached hydrogens (tertiary/aromatic N) is 1. The molecule has 1 aliphatic heterocycles. The quantitative estimate of drug-likeness (QED) is 0.681. The van der Waals surface area contributed by atoms with E-state index >= 15 is 0 Å². The molecule has 0 aliphatic carbocycles. The molecule has 1 heterocycles. The highest BCUT2D eigenvalue weighted by molar-refractivity contribution is 14.1. The lowest BCUT2D eigenvalue weighted by molar-refractivity contribution is -0.122. The zero-order chi connectivity index (χ0) is 17.0. The van der Waals surface area contributed by atoms with Gasteiger partial charge in [-0.15, -0.1) is 0 Å². The molecular formula is C15H19IN2O4S. The van der Waals surface area contributed by atoms with E-state index in [0.717, 1.165) is 3.57 Å². The zero-order valence-electron chi connectivity index (χ0n) is 12.8. The molecule has 23 heavy (non-hydrogen) atoms. The highest BCUT2D eigenvalue weighted by atomic mass is 127. The van der Waals surface area contributed by atoms with E-state index in [0.29, 0.717) is 18.5 Å². The fraction of sp³-hybridized carbons (Fsp3) is 0.467. The molecule has 0 radical (unpaired) electrons. The Morgan fingerprint density at radius 3 is 2.70 bits per heavy atom. The van der Waals surface area contributed by atoms with E-state index < -0.39 is 9.84 Å². The summed E-state index contributed by atoms with van der Waals surface area (Å²) in [6.07, 6.45) is 0.436. The van der Waals surface area contributed by atoms with Gasteiger partial charge in [0, 0.05) is 21.7 Å². The summed E-state index contributed by atoms with van der Waals surface area (Å²) in [5, 5.41) is 2.70. The summed E-state index contributed by atoms with van der Waals surface area (Å²) in [4.78, 5) is 26.0. The van der Waals surface area contributed by atoms with Gasteiger partial charge in [-0.3, -0.25) is 9.59 Å². The van der Waals surface area contributed by atoms with Crippen molar-refractivity contribution in [3.8, 4) is 0 Å². The van der Waals surface area contributed by atoms with E-state index in [-0.39, 0.29) is 35.9 Å². The number of amides is 2. The molecule has 1 atom stereocenters. The van der Waals surface area contributed by atoms with Gasteiger partial charge in [-0.25, -0.2) is 8.42 Å². The Morgan fingerprint density at radius 2 is 2.13 bits per heavy atom. The van der Waals surface area contributed by atoms with Crippen LogP contribution in [0.4, 0.5) is 0 Å². The van der Waals surface area contributed by atoms with Crippen molar-refractivity contribution in [3.63, 3.8) is 0 Å². The van der Waals surface area contributed by atoms with Crippen molar-refractivity contribution in [2.24, 2.45) is 0 Å². The number of carbonyl (C=O) groups is 2. The highest BCUT2D eigenvalue weighted by Crippen LogP contribution is 2.12. The molecule has 1 N–H and O–H groups in total. The SMILES string of the molecule is CCN(CC(=O)N[C@H]1CCS(=O)(=O)C1)C(=O)c1cccc(I)c1. The first kappa shape index (κ1) is 18.2. The second kappa shape index (κ2) is 7.61. The van der Waals surface area contributed by atoms with Crippen LogP contribution in [0.15, 0.2) is 24.3 Å². The van der Waals surface area contributed by atoms with E-state index in [1.165, 1.54) is 4.90 Å². The van der Waals surface area contributed by atoms with Gasteiger partial charge in [0.25, 0.3) is 5.91 Å². The van der Waals surface area contributed by atoms with Gasteiger partial charge in [-0.2, -0.15) is 0 Å². The Kier molecular flexibility index (Phi) is 6.01.